The Bertz CT molecular complexity index is 726. The number of aliphatic hydroxyl groups is 1. The third kappa shape index (κ3) is 6.36. The van der Waals surface area contributed by atoms with Crippen LogP contribution in [0.4, 0.5) is 0 Å². The van der Waals surface area contributed by atoms with Gasteiger partial charge in [-0.3, -0.25) is 4.79 Å². The van der Waals surface area contributed by atoms with E-state index in [1.165, 1.54) is 0 Å². The van der Waals surface area contributed by atoms with Crippen molar-refractivity contribution in [1.29, 1.82) is 0 Å². The van der Waals surface area contributed by atoms with Crippen LogP contribution in [0.25, 0.3) is 0 Å². The van der Waals surface area contributed by atoms with Gasteiger partial charge in [0, 0.05) is 24.8 Å². The Morgan fingerprint density at radius 2 is 2.03 bits per heavy atom. The average molecular weight is 400 g/mol. The number of unbranched alkanes of at least 4 members (excludes halogenated alkanes) is 2. The summed E-state index contributed by atoms with van der Waals surface area (Å²) in [6, 6.07) is 11.6. The summed E-state index contributed by atoms with van der Waals surface area (Å²) >= 11 is 0. The summed E-state index contributed by atoms with van der Waals surface area (Å²) in [5.74, 6) is 2.04. The van der Waals surface area contributed by atoms with Gasteiger partial charge < -0.3 is 19.6 Å². The first-order chi connectivity index (χ1) is 14.2. The van der Waals surface area contributed by atoms with Crippen molar-refractivity contribution in [2.24, 2.45) is 11.8 Å². The molecular formula is C24H33NO4. The van der Waals surface area contributed by atoms with E-state index in [-0.39, 0.29) is 17.7 Å². The van der Waals surface area contributed by atoms with Crippen LogP contribution in [0, 0.1) is 11.8 Å². The van der Waals surface area contributed by atoms with Crippen LogP contribution in [0.15, 0.2) is 47.1 Å². The Labute approximate surface area is 173 Å². The van der Waals surface area contributed by atoms with Crippen LogP contribution in [0.2, 0.25) is 0 Å². The molecule has 2 heterocycles. The lowest BCUT2D eigenvalue weighted by Gasteiger charge is -2.18. The van der Waals surface area contributed by atoms with Gasteiger partial charge in [-0.1, -0.05) is 38.3 Å². The molecule has 1 unspecified atom stereocenters. The Balaban J connectivity index is 1.44. The van der Waals surface area contributed by atoms with E-state index in [2.05, 4.69) is 12.2 Å². The highest BCUT2D eigenvalue weighted by molar-refractivity contribution is 5.81. The van der Waals surface area contributed by atoms with Gasteiger partial charge in [-0.05, 0) is 49.1 Å². The Morgan fingerprint density at radius 3 is 2.76 bits per heavy atom. The highest BCUT2D eigenvalue weighted by atomic mass is 16.5. The van der Waals surface area contributed by atoms with Gasteiger partial charge in [0.25, 0.3) is 0 Å². The maximum atomic E-state index is 12.2. The molecule has 1 saturated heterocycles. The highest BCUT2D eigenvalue weighted by Gasteiger charge is 2.34. The van der Waals surface area contributed by atoms with Gasteiger partial charge in [-0.15, -0.1) is 0 Å². The van der Waals surface area contributed by atoms with Crippen molar-refractivity contribution >= 4 is 5.91 Å². The van der Waals surface area contributed by atoms with Gasteiger partial charge in [0.05, 0.1) is 19.0 Å². The van der Waals surface area contributed by atoms with Crippen molar-refractivity contribution in [3.8, 4) is 5.75 Å². The van der Waals surface area contributed by atoms with E-state index in [4.69, 9.17) is 9.15 Å². The highest BCUT2D eigenvalue weighted by Crippen LogP contribution is 2.26. The van der Waals surface area contributed by atoms with Crippen LogP contribution in [0.1, 0.15) is 62.9 Å². The first kappa shape index (κ1) is 21.4. The summed E-state index contributed by atoms with van der Waals surface area (Å²) in [5, 5.41) is 13.2. The third-order valence-corrected chi connectivity index (χ3v) is 5.77. The number of aryl methyl sites for hydroxylation is 1. The fourth-order valence-electron chi connectivity index (χ4n) is 3.96. The van der Waals surface area contributed by atoms with Crippen LogP contribution in [-0.2, 0) is 11.2 Å². The monoisotopic (exact) mass is 399 g/mol. The molecule has 0 bridgehead atoms. The molecule has 2 aromatic rings. The number of furan rings is 1. The van der Waals surface area contributed by atoms with E-state index < -0.39 is 6.10 Å². The van der Waals surface area contributed by atoms with Crippen molar-refractivity contribution in [3.63, 3.8) is 0 Å². The van der Waals surface area contributed by atoms with E-state index in [0.29, 0.717) is 13.2 Å². The molecule has 2 N–H and O–H groups in total. The lowest BCUT2D eigenvalue weighted by Crippen LogP contribution is -2.22. The normalized spacial score (nSPS) is 19.9. The lowest BCUT2D eigenvalue weighted by molar-refractivity contribution is -0.123. The van der Waals surface area contributed by atoms with Crippen molar-refractivity contribution in [2.45, 2.75) is 58.0 Å². The first-order valence-corrected chi connectivity index (χ1v) is 10.9. The quantitative estimate of drug-likeness (QED) is 0.509. The van der Waals surface area contributed by atoms with Gasteiger partial charge in [-0.25, -0.2) is 0 Å². The fraction of sp³-hybridized carbons (Fsp3) is 0.542. The molecule has 1 aromatic heterocycles. The lowest BCUT2D eigenvalue weighted by atomic mass is 9.91. The van der Waals surface area contributed by atoms with Crippen molar-refractivity contribution in [1.82, 2.24) is 5.32 Å². The minimum absolute atomic E-state index is 0.00961. The van der Waals surface area contributed by atoms with Crippen LogP contribution < -0.4 is 10.1 Å². The molecule has 5 heteroatoms. The molecule has 0 saturated carbocycles. The molecule has 1 amide bonds. The zero-order valence-corrected chi connectivity index (χ0v) is 17.3. The third-order valence-electron chi connectivity index (χ3n) is 5.77. The number of amides is 1. The predicted molar refractivity (Wildman–Crippen MR) is 113 cm³/mol. The molecule has 1 aliphatic rings. The SMILES string of the molecule is CCCCCC(O)c1ccc(OC[C@H]2CNC(=O)[C@@H]2CCCc2ccco2)cc1. The van der Waals surface area contributed by atoms with E-state index in [0.717, 1.165) is 62.0 Å². The summed E-state index contributed by atoms with van der Waals surface area (Å²) < 4.78 is 11.3. The second kappa shape index (κ2) is 11.1. The summed E-state index contributed by atoms with van der Waals surface area (Å²) in [6.07, 6.45) is 8.03. The zero-order valence-electron chi connectivity index (χ0n) is 17.3. The van der Waals surface area contributed by atoms with Gasteiger partial charge in [-0.2, -0.15) is 0 Å². The summed E-state index contributed by atoms with van der Waals surface area (Å²) in [7, 11) is 0. The van der Waals surface area contributed by atoms with Crippen LogP contribution >= 0.6 is 0 Å². The molecule has 0 spiro atoms. The number of ether oxygens (including phenoxy) is 1. The maximum absolute atomic E-state index is 12.2. The second-order valence-corrected chi connectivity index (χ2v) is 7.97. The second-order valence-electron chi connectivity index (χ2n) is 7.97. The van der Waals surface area contributed by atoms with Gasteiger partial charge >= 0.3 is 0 Å². The zero-order chi connectivity index (χ0) is 20.5. The summed E-state index contributed by atoms with van der Waals surface area (Å²) in [6.45, 7) is 3.34. The average Bonchev–Trinajstić information content (AvgIpc) is 3.37. The number of aliphatic hydroxyl groups excluding tert-OH is 1. The number of carbonyl (C=O) groups is 1. The molecule has 0 aliphatic carbocycles. The van der Waals surface area contributed by atoms with Crippen LogP contribution in [0.3, 0.4) is 0 Å². The minimum Gasteiger partial charge on any atom is -0.493 e. The number of hydrogen-bond acceptors (Lipinski definition) is 4. The molecule has 0 radical (unpaired) electrons. The van der Waals surface area contributed by atoms with Gasteiger partial charge in [0.1, 0.15) is 11.5 Å². The minimum atomic E-state index is -0.411. The molecule has 3 atom stereocenters. The number of rotatable bonds is 12. The molecule has 1 fully saturated rings. The number of benzene rings is 1. The number of hydrogen-bond donors (Lipinski definition) is 2. The van der Waals surface area contributed by atoms with E-state index in [9.17, 15) is 9.90 Å². The molecule has 5 nitrogen and oxygen atoms in total. The van der Waals surface area contributed by atoms with Gasteiger partial charge in [0.2, 0.25) is 5.91 Å². The Morgan fingerprint density at radius 1 is 1.21 bits per heavy atom. The maximum Gasteiger partial charge on any atom is 0.223 e. The van der Waals surface area contributed by atoms with E-state index in [1.54, 1.807) is 6.26 Å². The molecule has 29 heavy (non-hydrogen) atoms. The smallest absolute Gasteiger partial charge is 0.223 e. The van der Waals surface area contributed by atoms with Crippen molar-refractivity contribution in [3.05, 3.63) is 54.0 Å². The first-order valence-electron chi connectivity index (χ1n) is 10.9. The van der Waals surface area contributed by atoms with Crippen LogP contribution in [-0.4, -0.2) is 24.2 Å². The van der Waals surface area contributed by atoms with Crippen molar-refractivity contribution < 1.29 is 19.1 Å². The molecule has 3 rings (SSSR count). The molecule has 158 valence electrons. The van der Waals surface area contributed by atoms with E-state index >= 15 is 0 Å². The standard InChI is InChI=1S/C24H33NO4/c1-2-3-4-10-23(26)18-11-13-21(14-12-18)29-17-19-16-25-24(27)22(19)9-5-7-20-8-6-15-28-20/h6,8,11-15,19,22-23,26H,2-5,7,9-10,16-17H2,1H3,(H,25,27)/t19-,22-,23?/m1/s1. The Hall–Kier alpha value is -2.27. The predicted octanol–water partition coefficient (Wildman–Crippen LogP) is 4.66. The molecule has 1 aliphatic heterocycles. The molecular weight excluding hydrogens is 366 g/mol. The summed E-state index contributed by atoms with van der Waals surface area (Å²) in [4.78, 5) is 12.2. The molecule has 1 aromatic carbocycles. The van der Waals surface area contributed by atoms with Crippen molar-refractivity contribution in [2.75, 3.05) is 13.2 Å². The number of carbonyl (C=O) groups excluding carboxylic acids is 1. The fourth-order valence-corrected chi connectivity index (χ4v) is 3.96. The Kier molecular flexibility index (Phi) is 8.17. The van der Waals surface area contributed by atoms with E-state index in [1.807, 2.05) is 36.4 Å². The largest absolute Gasteiger partial charge is 0.493 e. The topological polar surface area (TPSA) is 71.7 Å². The van der Waals surface area contributed by atoms with Gasteiger partial charge in [0.15, 0.2) is 0 Å². The number of nitrogens with one attached hydrogen (secondary N) is 1. The summed E-state index contributed by atoms with van der Waals surface area (Å²) in [5.41, 5.74) is 0.932. The van der Waals surface area contributed by atoms with Crippen LogP contribution in [0.5, 0.6) is 5.75 Å².